The van der Waals surface area contributed by atoms with E-state index in [1.54, 1.807) is 36.7 Å². The molecule has 28 heavy (non-hydrogen) atoms. The zero-order valence-corrected chi connectivity index (χ0v) is 15.7. The Labute approximate surface area is 160 Å². The van der Waals surface area contributed by atoms with Gasteiger partial charge in [-0.3, -0.25) is 4.68 Å². The van der Waals surface area contributed by atoms with Crippen LogP contribution in [-0.4, -0.2) is 40.8 Å². The molecule has 0 bridgehead atoms. The zero-order chi connectivity index (χ0) is 20.1. The summed E-state index contributed by atoms with van der Waals surface area (Å²) in [4.78, 5) is 1.20. The van der Waals surface area contributed by atoms with Gasteiger partial charge in [0.25, 0.3) is 0 Å². The van der Waals surface area contributed by atoms with Gasteiger partial charge in [0.2, 0.25) is 0 Å². The highest BCUT2D eigenvalue weighted by Crippen LogP contribution is 2.40. The van der Waals surface area contributed by atoms with Crippen LogP contribution in [0.2, 0.25) is 0 Å². The molecule has 1 N–H and O–H groups in total. The van der Waals surface area contributed by atoms with E-state index in [4.69, 9.17) is 4.74 Å². The highest BCUT2D eigenvalue weighted by Gasteiger charge is 2.40. The van der Waals surface area contributed by atoms with Gasteiger partial charge in [-0.25, -0.2) is 0 Å². The molecule has 0 saturated carbocycles. The molecule has 150 valence electrons. The number of allylic oxidation sites excluding steroid dienone is 3. The standard InChI is InChI=1S/C20H22F3N3O2/c1-19(2,27)15-8-16-14(10-25(24-16)9-13-11-28-12-13)7-17(15)26-6-4-3-5-18(26)20(21,22)23/h3-5,7-8,10,13,27H,6,9,11-12H2,1-2H3. The van der Waals surface area contributed by atoms with Gasteiger partial charge in [0.1, 0.15) is 5.70 Å². The first-order valence-electron chi connectivity index (χ1n) is 9.16. The SMILES string of the molecule is CC(C)(O)c1cc2nn(CC3COC3)cc2cc1N1CC=CC=C1C(F)(F)F. The normalized spacial score (nSPS) is 18.5. The second kappa shape index (κ2) is 6.63. The molecule has 0 spiro atoms. The molecule has 8 heteroatoms. The minimum atomic E-state index is -4.50. The van der Waals surface area contributed by atoms with Crippen molar-refractivity contribution in [1.82, 2.24) is 9.78 Å². The molecule has 0 amide bonds. The van der Waals surface area contributed by atoms with Crippen LogP contribution in [0, 0.1) is 5.92 Å². The third kappa shape index (κ3) is 3.54. The van der Waals surface area contributed by atoms with E-state index in [9.17, 15) is 18.3 Å². The largest absolute Gasteiger partial charge is 0.431 e. The molecule has 1 aromatic heterocycles. The molecular formula is C20H22F3N3O2. The number of hydrogen-bond acceptors (Lipinski definition) is 4. The maximum atomic E-state index is 13.6. The van der Waals surface area contributed by atoms with Crippen LogP contribution in [0.3, 0.4) is 0 Å². The van der Waals surface area contributed by atoms with Crippen molar-refractivity contribution in [2.45, 2.75) is 32.2 Å². The lowest BCUT2D eigenvalue weighted by molar-refractivity contribution is -0.0934. The Bertz CT molecular complexity index is 950. The van der Waals surface area contributed by atoms with Crippen LogP contribution >= 0.6 is 0 Å². The molecule has 5 nitrogen and oxygen atoms in total. The molecular weight excluding hydrogens is 371 g/mol. The van der Waals surface area contributed by atoms with Crippen LogP contribution < -0.4 is 4.90 Å². The van der Waals surface area contributed by atoms with Gasteiger partial charge in [0.05, 0.1) is 24.3 Å². The van der Waals surface area contributed by atoms with E-state index in [2.05, 4.69) is 5.10 Å². The summed E-state index contributed by atoms with van der Waals surface area (Å²) in [5.74, 6) is 0.398. The zero-order valence-electron chi connectivity index (χ0n) is 15.7. The number of aliphatic hydroxyl groups is 1. The fourth-order valence-electron chi connectivity index (χ4n) is 3.56. The Kier molecular flexibility index (Phi) is 4.50. The van der Waals surface area contributed by atoms with E-state index in [-0.39, 0.29) is 6.54 Å². The van der Waals surface area contributed by atoms with Crippen LogP contribution in [0.25, 0.3) is 10.9 Å². The molecule has 2 aliphatic rings. The Hall–Kier alpha value is -2.32. The van der Waals surface area contributed by atoms with Crippen molar-refractivity contribution in [3.63, 3.8) is 0 Å². The summed E-state index contributed by atoms with van der Waals surface area (Å²) in [6, 6.07) is 3.37. The number of halogens is 3. The summed E-state index contributed by atoms with van der Waals surface area (Å²) in [5.41, 5.74) is -0.695. The number of alkyl halides is 3. The van der Waals surface area contributed by atoms with Gasteiger partial charge in [-0.05, 0) is 32.1 Å². The van der Waals surface area contributed by atoms with Gasteiger partial charge in [-0.15, -0.1) is 0 Å². The van der Waals surface area contributed by atoms with E-state index >= 15 is 0 Å². The number of benzene rings is 1. The van der Waals surface area contributed by atoms with E-state index in [0.717, 1.165) is 11.5 Å². The van der Waals surface area contributed by atoms with Crippen molar-refractivity contribution in [3.05, 3.63) is 47.8 Å². The number of nitrogens with zero attached hydrogens (tertiary/aromatic N) is 3. The fourth-order valence-corrected chi connectivity index (χ4v) is 3.56. The van der Waals surface area contributed by atoms with Crippen LogP contribution in [0.4, 0.5) is 18.9 Å². The van der Waals surface area contributed by atoms with Crippen LogP contribution in [0.5, 0.6) is 0 Å². The van der Waals surface area contributed by atoms with E-state index in [1.165, 1.54) is 11.0 Å². The average molecular weight is 393 g/mol. The first kappa shape index (κ1) is 19.0. The van der Waals surface area contributed by atoms with Gasteiger partial charge in [-0.2, -0.15) is 18.3 Å². The van der Waals surface area contributed by atoms with E-state index in [0.29, 0.717) is 42.4 Å². The quantitative estimate of drug-likeness (QED) is 0.860. The van der Waals surface area contributed by atoms with Crippen molar-refractivity contribution in [1.29, 1.82) is 0 Å². The summed E-state index contributed by atoms with van der Waals surface area (Å²) in [5, 5.41) is 15.9. The highest BCUT2D eigenvalue weighted by atomic mass is 19.4. The molecule has 0 atom stereocenters. The van der Waals surface area contributed by atoms with Crippen molar-refractivity contribution in [2.75, 3.05) is 24.7 Å². The third-order valence-electron chi connectivity index (χ3n) is 5.03. The van der Waals surface area contributed by atoms with Crippen molar-refractivity contribution < 1.29 is 23.0 Å². The van der Waals surface area contributed by atoms with Crippen molar-refractivity contribution in [2.24, 2.45) is 5.92 Å². The predicted octanol–water partition coefficient (Wildman–Crippen LogP) is 3.73. The maximum absolute atomic E-state index is 13.6. The summed E-state index contributed by atoms with van der Waals surface area (Å²) in [6.45, 7) is 5.29. The lowest BCUT2D eigenvalue weighted by Gasteiger charge is -2.33. The highest BCUT2D eigenvalue weighted by molar-refractivity contribution is 5.85. The van der Waals surface area contributed by atoms with Gasteiger partial charge < -0.3 is 14.7 Å². The number of anilines is 1. The van der Waals surface area contributed by atoms with Crippen molar-refractivity contribution >= 4 is 16.6 Å². The summed E-state index contributed by atoms with van der Waals surface area (Å²) < 4.78 is 47.7. The minimum Gasteiger partial charge on any atom is -0.386 e. The molecule has 2 aliphatic heterocycles. The Morgan fingerprint density at radius 3 is 2.61 bits per heavy atom. The van der Waals surface area contributed by atoms with Gasteiger partial charge in [0, 0.05) is 41.8 Å². The first-order chi connectivity index (χ1) is 13.1. The predicted molar refractivity (Wildman–Crippen MR) is 99.9 cm³/mol. The molecule has 4 rings (SSSR count). The Morgan fingerprint density at radius 1 is 1.25 bits per heavy atom. The molecule has 1 saturated heterocycles. The smallest absolute Gasteiger partial charge is 0.386 e. The van der Waals surface area contributed by atoms with Crippen LogP contribution in [0.15, 0.2) is 42.3 Å². The molecule has 3 heterocycles. The average Bonchev–Trinajstić information content (AvgIpc) is 2.97. The lowest BCUT2D eigenvalue weighted by atomic mass is 9.94. The number of rotatable bonds is 4. The Balaban J connectivity index is 1.81. The number of fused-ring (bicyclic) bond motifs is 1. The fraction of sp³-hybridized carbons (Fsp3) is 0.450. The van der Waals surface area contributed by atoms with Crippen molar-refractivity contribution in [3.8, 4) is 0 Å². The molecule has 2 aromatic rings. The number of hydrogen-bond donors (Lipinski definition) is 1. The summed E-state index contributed by atoms with van der Waals surface area (Å²) in [6.07, 6.45) is 1.46. The van der Waals surface area contributed by atoms with Gasteiger partial charge in [0.15, 0.2) is 0 Å². The monoisotopic (exact) mass is 393 g/mol. The summed E-state index contributed by atoms with van der Waals surface area (Å²) in [7, 11) is 0. The number of ether oxygens (including phenoxy) is 1. The Morgan fingerprint density at radius 2 is 2.00 bits per heavy atom. The topological polar surface area (TPSA) is 50.5 Å². The minimum absolute atomic E-state index is 0.0769. The van der Waals surface area contributed by atoms with Crippen LogP contribution in [0.1, 0.15) is 19.4 Å². The molecule has 0 unspecified atom stereocenters. The van der Waals surface area contributed by atoms with E-state index < -0.39 is 17.5 Å². The second-order valence-electron chi connectivity index (χ2n) is 7.83. The molecule has 0 aliphatic carbocycles. The molecule has 1 fully saturated rings. The van der Waals surface area contributed by atoms with Gasteiger partial charge >= 0.3 is 6.18 Å². The lowest BCUT2D eigenvalue weighted by Crippen LogP contribution is -2.35. The maximum Gasteiger partial charge on any atom is 0.431 e. The second-order valence-corrected chi connectivity index (χ2v) is 7.83. The molecule has 1 aromatic carbocycles. The number of aromatic nitrogens is 2. The van der Waals surface area contributed by atoms with Crippen LogP contribution in [-0.2, 0) is 16.9 Å². The summed E-state index contributed by atoms with van der Waals surface area (Å²) >= 11 is 0. The first-order valence-corrected chi connectivity index (χ1v) is 9.16. The van der Waals surface area contributed by atoms with Gasteiger partial charge in [-0.1, -0.05) is 12.2 Å². The third-order valence-corrected chi connectivity index (χ3v) is 5.03. The molecule has 0 radical (unpaired) electrons. The van der Waals surface area contributed by atoms with E-state index in [1.807, 2.05) is 6.20 Å².